The lowest BCUT2D eigenvalue weighted by molar-refractivity contribution is 0.189. The van der Waals surface area contributed by atoms with Crippen molar-refractivity contribution in [1.82, 2.24) is 10.1 Å². The van der Waals surface area contributed by atoms with Gasteiger partial charge in [0.25, 0.3) is 0 Å². The molecule has 1 aromatic heterocycles. The smallest absolute Gasteiger partial charge is 0.213 e. The number of rotatable bonds is 4. The SMILES string of the molecule is Cc1ccc(OCc2ncon2)c([C@H](C)O)c1. The van der Waals surface area contributed by atoms with Crippen LogP contribution in [-0.4, -0.2) is 15.2 Å². The Kier molecular flexibility index (Phi) is 3.39. The van der Waals surface area contributed by atoms with Crippen molar-refractivity contribution in [3.8, 4) is 5.75 Å². The largest absolute Gasteiger partial charge is 0.485 e. The lowest BCUT2D eigenvalue weighted by Gasteiger charge is -2.13. The van der Waals surface area contributed by atoms with Crippen LogP contribution in [0.5, 0.6) is 5.75 Å². The van der Waals surface area contributed by atoms with Crippen molar-refractivity contribution in [1.29, 1.82) is 0 Å². The maximum Gasteiger partial charge on any atom is 0.213 e. The summed E-state index contributed by atoms with van der Waals surface area (Å²) in [5.41, 5.74) is 1.83. The van der Waals surface area contributed by atoms with Crippen LogP contribution in [0.4, 0.5) is 0 Å². The summed E-state index contributed by atoms with van der Waals surface area (Å²) in [6.07, 6.45) is 0.679. The summed E-state index contributed by atoms with van der Waals surface area (Å²) in [5.74, 6) is 1.11. The highest BCUT2D eigenvalue weighted by molar-refractivity contribution is 5.38. The molecule has 0 saturated heterocycles. The van der Waals surface area contributed by atoms with Gasteiger partial charge in [0.2, 0.25) is 12.2 Å². The molecule has 0 saturated carbocycles. The number of ether oxygens (including phenoxy) is 1. The van der Waals surface area contributed by atoms with Gasteiger partial charge in [-0.15, -0.1) is 0 Å². The van der Waals surface area contributed by atoms with E-state index in [1.807, 2.05) is 25.1 Å². The second-order valence-electron chi connectivity index (χ2n) is 3.85. The first-order chi connectivity index (χ1) is 8.16. The van der Waals surface area contributed by atoms with Crippen LogP contribution in [-0.2, 0) is 6.61 Å². The van der Waals surface area contributed by atoms with Crippen LogP contribution in [0.3, 0.4) is 0 Å². The van der Waals surface area contributed by atoms with E-state index in [1.54, 1.807) is 6.92 Å². The molecule has 2 rings (SSSR count). The quantitative estimate of drug-likeness (QED) is 0.876. The number of hydrogen-bond acceptors (Lipinski definition) is 5. The number of hydrogen-bond donors (Lipinski definition) is 1. The molecular weight excluding hydrogens is 220 g/mol. The molecule has 0 amide bonds. The Morgan fingerprint density at radius 1 is 1.47 bits per heavy atom. The van der Waals surface area contributed by atoms with Crippen LogP contribution in [0.25, 0.3) is 0 Å². The average Bonchev–Trinajstić information content (AvgIpc) is 2.80. The Labute approximate surface area is 99.0 Å². The summed E-state index contributed by atoms with van der Waals surface area (Å²) >= 11 is 0. The first-order valence-electron chi connectivity index (χ1n) is 5.33. The van der Waals surface area contributed by atoms with E-state index < -0.39 is 6.10 Å². The highest BCUT2D eigenvalue weighted by atomic mass is 16.5. The maximum atomic E-state index is 9.66. The molecule has 0 aliphatic rings. The van der Waals surface area contributed by atoms with Gasteiger partial charge >= 0.3 is 0 Å². The standard InChI is InChI=1S/C12H14N2O3/c1-8-3-4-11(10(5-8)9(2)15)16-6-12-13-7-17-14-12/h3-5,7,9,15H,6H2,1-2H3/t9-/m0/s1. The van der Waals surface area contributed by atoms with E-state index in [0.717, 1.165) is 11.1 Å². The lowest BCUT2D eigenvalue weighted by Crippen LogP contribution is -2.02. The Bertz CT molecular complexity index is 481. The number of aliphatic hydroxyl groups is 1. The number of aryl methyl sites for hydroxylation is 1. The van der Waals surface area contributed by atoms with E-state index in [9.17, 15) is 5.11 Å². The molecule has 0 fully saturated rings. The van der Waals surface area contributed by atoms with Crippen LogP contribution < -0.4 is 4.74 Å². The molecule has 17 heavy (non-hydrogen) atoms. The zero-order valence-corrected chi connectivity index (χ0v) is 9.75. The minimum Gasteiger partial charge on any atom is -0.485 e. The minimum atomic E-state index is -0.574. The fourth-order valence-corrected chi connectivity index (χ4v) is 1.52. The molecule has 5 heteroatoms. The van der Waals surface area contributed by atoms with Crippen LogP contribution in [0.2, 0.25) is 0 Å². The van der Waals surface area contributed by atoms with Gasteiger partial charge in [-0.3, -0.25) is 0 Å². The van der Waals surface area contributed by atoms with Crippen molar-refractivity contribution >= 4 is 0 Å². The summed E-state index contributed by atoms with van der Waals surface area (Å²) in [7, 11) is 0. The van der Waals surface area contributed by atoms with Crippen LogP contribution >= 0.6 is 0 Å². The number of aliphatic hydroxyl groups excluding tert-OH is 1. The van der Waals surface area contributed by atoms with E-state index in [2.05, 4.69) is 14.7 Å². The van der Waals surface area contributed by atoms with Gasteiger partial charge in [0.05, 0.1) is 6.10 Å². The predicted molar refractivity (Wildman–Crippen MR) is 60.4 cm³/mol. The van der Waals surface area contributed by atoms with Crippen molar-refractivity contribution in [3.05, 3.63) is 41.5 Å². The van der Waals surface area contributed by atoms with Gasteiger partial charge in [-0.05, 0) is 26.0 Å². The lowest BCUT2D eigenvalue weighted by atomic mass is 10.1. The van der Waals surface area contributed by atoms with E-state index in [-0.39, 0.29) is 6.61 Å². The summed E-state index contributed by atoms with van der Waals surface area (Å²) < 4.78 is 10.2. The highest BCUT2D eigenvalue weighted by Crippen LogP contribution is 2.26. The van der Waals surface area contributed by atoms with Crippen LogP contribution in [0.1, 0.15) is 30.0 Å². The fraction of sp³-hybridized carbons (Fsp3) is 0.333. The molecule has 0 spiro atoms. The maximum absolute atomic E-state index is 9.66. The van der Waals surface area contributed by atoms with Gasteiger partial charge < -0.3 is 14.4 Å². The summed E-state index contributed by atoms with van der Waals surface area (Å²) in [6.45, 7) is 3.89. The summed E-state index contributed by atoms with van der Waals surface area (Å²) in [4.78, 5) is 3.86. The Morgan fingerprint density at radius 3 is 2.94 bits per heavy atom. The molecule has 1 N–H and O–H groups in total. The third kappa shape index (κ3) is 2.82. The predicted octanol–water partition coefficient (Wildman–Crippen LogP) is 2.01. The van der Waals surface area contributed by atoms with E-state index in [4.69, 9.17) is 4.74 Å². The molecule has 90 valence electrons. The second-order valence-corrected chi connectivity index (χ2v) is 3.85. The first-order valence-corrected chi connectivity index (χ1v) is 5.33. The Morgan fingerprint density at radius 2 is 2.29 bits per heavy atom. The molecule has 1 atom stereocenters. The van der Waals surface area contributed by atoms with Crippen molar-refractivity contribution in [3.63, 3.8) is 0 Å². The molecule has 0 aliphatic carbocycles. The van der Waals surface area contributed by atoms with Crippen LogP contribution in [0, 0.1) is 6.92 Å². The van der Waals surface area contributed by atoms with Gasteiger partial charge in [0.15, 0.2) is 6.61 Å². The number of benzene rings is 1. The number of nitrogens with zero attached hydrogens (tertiary/aromatic N) is 2. The molecule has 0 aliphatic heterocycles. The van der Waals surface area contributed by atoms with Gasteiger partial charge in [-0.1, -0.05) is 16.8 Å². The van der Waals surface area contributed by atoms with Crippen molar-refractivity contribution < 1.29 is 14.4 Å². The molecule has 0 bridgehead atoms. The zero-order valence-electron chi connectivity index (χ0n) is 9.75. The van der Waals surface area contributed by atoms with E-state index in [1.165, 1.54) is 6.39 Å². The second kappa shape index (κ2) is 4.97. The van der Waals surface area contributed by atoms with Crippen molar-refractivity contribution in [2.45, 2.75) is 26.6 Å². The molecule has 2 aromatic rings. The fourth-order valence-electron chi connectivity index (χ4n) is 1.52. The van der Waals surface area contributed by atoms with Gasteiger partial charge in [-0.25, -0.2) is 0 Å². The third-order valence-corrected chi connectivity index (χ3v) is 2.38. The molecule has 1 heterocycles. The molecule has 0 unspecified atom stereocenters. The molecule has 0 radical (unpaired) electrons. The number of aromatic nitrogens is 2. The first kappa shape index (κ1) is 11.6. The average molecular weight is 234 g/mol. The van der Waals surface area contributed by atoms with Gasteiger partial charge in [-0.2, -0.15) is 4.98 Å². The summed E-state index contributed by atoms with van der Waals surface area (Å²) in [5, 5.41) is 13.3. The molecule has 1 aromatic carbocycles. The van der Waals surface area contributed by atoms with Gasteiger partial charge in [0, 0.05) is 5.56 Å². The Balaban J connectivity index is 2.14. The van der Waals surface area contributed by atoms with E-state index in [0.29, 0.717) is 11.6 Å². The van der Waals surface area contributed by atoms with E-state index >= 15 is 0 Å². The zero-order chi connectivity index (χ0) is 12.3. The van der Waals surface area contributed by atoms with Gasteiger partial charge in [0.1, 0.15) is 5.75 Å². The monoisotopic (exact) mass is 234 g/mol. The summed E-state index contributed by atoms with van der Waals surface area (Å²) in [6, 6.07) is 5.66. The van der Waals surface area contributed by atoms with Crippen molar-refractivity contribution in [2.75, 3.05) is 0 Å². The van der Waals surface area contributed by atoms with Crippen LogP contribution in [0.15, 0.2) is 29.1 Å². The molecular formula is C12H14N2O3. The molecule has 5 nitrogen and oxygen atoms in total. The topological polar surface area (TPSA) is 68.4 Å². The van der Waals surface area contributed by atoms with Crippen molar-refractivity contribution in [2.24, 2.45) is 0 Å². The minimum absolute atomic E-state index is 0.222. The Hall–Kier alpha value is -1.88. The third-order valence-electron chi connectivity index (χ3n) is 2.38. The highest BCUT2D eigenvalue weighted by Gasteiger charge is 2.10. The normalized spacial score (nSPS) is 12.4.